The molecular weight excluding hydrogens is 276 g/mol. The van der Waals surface area contributed by atoms with Gasteiger partial charge in [0.1, 0.15) is 0 Å². The van der Waals surface area contributed by atoms with Gasteiger partial charge in [-0.1, -0.05) is 18.2 Å². The van der Waals surface area contributed by atoms with Crippen molar-refractivity contribution < 1.29 is 18.7 Å². The molecule has 0 aromatic heterocycles. The van der Waals surface area contributed by atoms with E-state index in [9.17, 15) is 13.6 Å². The van der Waals surface area contributed by atoms with Crippen molar-refractivity contribution in [3.05, 3.63) is 35.4 Å². The van der Waals surface area contributed by atoms with Crippen molar-refractivity contribution in [2.45, 2.75) is 38.7 Å². The largest absolute Gasteiger partial charge is 0.481 e. The second-order valence-corrected chi connectivity index (χ2v) is 5.70. The van der Waals surface area contributed by atoms with Crippen LogP contribution >= 0.6 is 0 Å². The number of halogens is 2. The monoisotopic (exact) mass is 297 g/mol. The van der Waals surface area contributed by atoms with Crippen LogP contribution < -0.4 is 0 Å². The van der Waals surface area contributed by atoms with Crippen LogP contribution in [-0.2, 0) is 11.3 Å². The number of hydrogen-bond donors (Lipinski definition) is 1. The third-order valence-corrected chi connectivity index (χ3v) is 4.08. The molecule has 0 radical (unpaired) electrons. The van der Waals surface area contributed by atoms with Gasteiger partial charge in [-0.3, -0.25) is 9.69 Å². The van der Waals surface area contributed by atoms with E-state index >= 15 is 0 Å². The van der Waals surface area contributed by atoms with Crippen molar-refractivity contribution in [1.29, 1.82) is 0 Å². The lowest BCUT2D eigenvalue weighted by Gasteiger charge is -2.31. The molecule has 0 amide bonds. The highest BCUT2D eigenvalue weighted by Crippen LogP contribution is 2.24. The second-order valence-electron chi connectivity index (χ2n) is 5.70. The first-order valence-electron chi connectivity index (χ1n) is 7.35. The quantitative estimate of drug-likeness (QED) is 0.870. The van der Waals surface area contributed by atoms with Crippen molar-refractivity contribution in [2.24, 2.45) is 5.92 Å². The fraction of sp³-hybridized carbons (Fsp3) is 0.562. The Morgan fingerprint density at radius 2 is 2.05 bits per heavy atom. The van der Waals surface area contributed by atoms with E-state index in [0.29, 0.717) is 12.5 Å². The first kappa shape index (κ1) is 15.9. The molecular formula is C16H21F2NO2. The molecule has 0 saturated carbocycles. The van der Waals surface area contributed by atoms with Gasteiger partial charge in [-0.05, 0) is 49.9 Å². The minimum atomic E-state index is -2.42. The zero-order valence-corrected chi connectivity index (χ0v) is 12.0. The molecule has 0 bridgehead atoms. The molecule has 1 saturated heterocycles. The van der Waals surface area contributed by atoms with Gasteiger partial charge in [-0.25, -0.2) is 8.78 Å². The zero-order valence-electron chi connectivity index (χ0n) is 12.0. The summed E-state index contributed by atoms with van der Waals surface area (Å²) in [5, 5.41) is 8.69. The number of piperidine rings is 1. The van der Waals surface area contributed by atoms with E-state index in [2.05, 4.69) is 4.90 Å². The highest BCUT2D eigenvalue weighted by Gasteiger charge is 2.20. The number of aliphatic carboxylic acids is 1. The van der Waals surface area contributed by atoms with Crippen molar-refractivity contribution >= 4 is 5.97 Å². The first-order chi connectivity index (χ1) is 10.0. The molecule has 0 spiro atoms. The Hall–Kier alpha value is -1.49. The third-order valence-electron chi connectivity index (χ3n) is 4.08. The van der Waals surface area contributed by atoms with Crippen LogP contribution in [0.5, 0.6) is 0 Å². The number of carboxylic acid groups (broad SMARTS) is 1. The normalized spacial score (nSPS) is 17.3. The fourth-order valence-corrected chi connectivity index (χ4v) is 2.85. The molecule has 1 aromatic rings. The smallest absolute Gasteiger partial charge is 0.303 e. The van der Waals surface area contributed by atoms with Crippen LogP contribution in [0.15, 0.2) is 24.3 Å². The Balaban J connectivity index is 1.80. The summed E-state index contributed by atoms with van der Waals surface area (Å²) in [7, 11) is 0. The van der Waals surface area contributed by atoms with Crippen LogP contribution in [0.2, 0.25) is 0 Å². The molecule has 5 heteroatoms. The number of nitrogens with zero attached hydrogens (tertiary/aromatic N) is 1. The van der Waals surface area contributed by atoms with Crippen LogP contribution in [0.25, 0.3) is 0 Å². The number of carbonyl (C=O) groups is 1. The van der Waals surface area contributed by atoms with Gasteiger partial charge in [-0.15, -0.1) is 0 Å². The number of alkyl halides is 2. The maximum atomic E-state index is 12.7. The molecule has 116 valence electrons. The minimum Gasteiger partial charge on any atom is -0.481 e. The lowest BCUT2D eigenvalue weighted by molar-refractivity contribution is -0.137. The molecule has 0 aliphatic carbocycles. The van der Waals surface area contributed by atoms with E-state index in [0.717, 1.165) is 37.9 Å². The Kier molecular flexibility index (Phi) is 5.67. The average Bonchev–Trinajstić information content (AvgIpc) is 2.47. The third kappa shape index (κ3) is 5.08. The molecule has 1 fully saturated rings. The van der Waals surface area contributed by atoms with Crippen LogP contribution in [0, 0.1) is 5.92 Å². The van der Waals surface area contributed by atoms with Crippen LogP contribution in [0.3, 0.4) is 0 Å². The molecule has 2 rings (SSSR count). The lowest BCUT2D eigenvalue weighted by Crippen LogP contribution is -2.33. The van der Waals surface area contributed by atoms with Gasteiger partial charge in [-0.2, -0.15) is 0 Å². The van der Waals surface area contributed by atoms with E-state index in [1.54, 1.807) is 12.1 Å². The molecule has 3 nitrogen and oxygen atoms in total. The topological polar surface area (TPSA) is 40.5 Å². The summed E-state index contributed by atoms with van der Waals surface area (Å²) in [5.74, 6) is -0.258. The Morgan fingerprint density at radius 1 is 1.33 bits per heavy atom. The summed E-state index contributed by atoms with van der Waals surface area (Å²) in [5.41, 5.74) is 0.987. The van der Waals surface area contributed by atoms with Crippen molar-refractivity contribution in [1.82, 2.24) is 4.90 Å². The van der Waals surface area contributed by atoms with Gasteiger partial charge < -0.3 is 5.11 Å². The molecule has 0 unspecified atom stereocenters. The van der Waals surface area contributed by atoms with Gasteiger partial charge >= 0.3 is 5.97 Å². The minimum absolute atomic E-state index is 0.0730. The molecule has 1 aliphatic heterocycles. The van der Waals surface area contributed by atoms with Gasteiger partial charge in [0.2, 0.25) is 0 Å². The second kappa shape index (κ2) is 7.50. The van der Waals surface area contributed by atoms with Gasteiger partial charge in [0.25, 0.3) is 6.43 Å². The van der Waals surface area contributed by atoms with Crippen molar-refractivity contribution in [2.75, 3.05) is 13.1 Å². The lowest BCUT2D eigenvalue weighted by atomic mass is 9.92. The predicted molar refractivity (Wildman–Crippen MR) is 76.3 cm³/mol. The standard InChI is InChI=1S/C16H21F2NO2/c17-16(18)14-3-1-2-13(10-14)11-19-8-6-12(7-9-19)4-5-15(20)21/h1-3,10,12,16H,4-9,11H2,(H,20,21). The molecule has 21 heavy (non-hydrogen) atoms. The first-order valence-corrected chi connectivity index (χ1v) is 7.35. The highest BCUT2D eigenvalue weighted by molar-refractivity contribution is 5.66. The number of likely N-dealkylation sites (tertiary alicyclic amines) is 1. The Bertz CT molecular complexity index is 471. The average molecular weight is 297 g/mol. The summed E-state index contributed by atoms with van der Waals surface area (Å²) in [6.07, 6.45) is 0.529. The molecule has 1 aromatic carbocycles. The molecule has 0 atom stereocenters. The molecule has 1 aliphatic rings. The zero-order chi connectivity index (χ0) is 15.2. The maximum Gasteiger partial charge on any atom is 0.303 e. The number of benzene rings is 1. The van der Waals surface area contributed by atoms with E-state index in [1.165, 1.54) is 6.07 Å². The van der Waals surface area contributed by atoms with Crippen molar-refractivity contribution in [3.63, 3.8) is 0 Å². The van der Waals surface area contributed by atoms with Gasteiger partial charge in [0.15, 0.2) is 0 Å². The van der Waals surface area contributed by atoms with E-state index < -0.39 is 12.4 Å². The van der Waals surface area contributed by atoms with E-state index in [4.69, 9.17) is 5.11 Å². The Labute approximate surface area is 123 Å². The summed E-state index contributed by atoms with van der Waals surface area (Å²) >= 11 is 0. The summed E-state index contributed by atoms with van der Waals surface area (Å²) < 4.78 is 25.3. The van der Waals surface area contributed by atoms with Gasteiger partial charge in [0.05, 0.1) is 0 Å². The highest BCUT2D eigenvalue weighted by atomic mass is 19.3. The van der Waals surface area contributed by atoms with E-state index in [-0.39, 0.29) is 12.0 Å². The summed E-state index contributed by atoms with van der Waals surface area (Å²) in [4.78, 5) is 12.8. The Morgan fingerprint density at radius 3 is 2.67 bits per heavy atom. The number of carboxylic acids is 1. The SMILES string of the molecule is O=C(O)CCC1CCN(Cc2cccc(C(F)F)c2)CC1. The number of rotatable bonds is 6. The van der Waals surface area contributed by atoms with Crippen LogP contribution in [0.1, 0.15) is 43.2 Å². The predicted octanol–water partition coefficient (Wildman–Crippen LogP) is 3.70. The summed E-state index contributed by atoms with van der Waals surface area (Å²) in [6, 6.07) is 6.58. The van der Waals surface area contributed by atoms with Gasteiger partial charge in [0, 0.05) is 18.5 Å². The summed E-state index contributed by atoms with van der Waals surface area (Å²) in [6.45, 7) is 2.50. The molecule has 1 heterocycles. The maximum absolute atomic E-state index is 12.7. The fourth-order valence-electron chi connectivity index (χ4n) is 2.85. The van der Waals surface area contributed by atoms with Crippen LogP contribution in [-0.4, -0.2) is 29.1 Å². The molecule has 1 N–H and O–H groups in total. The van der Waals surface area contributed by atoms with Crippen molar-refractivity contribution in [3.8, 4) is 0 Å². The van der Waals surface area contributed by atoms with Crippen LogP contribution in [0.4, 0.5) is 8.78 Å². The van der Waals surface area contributed by atoms with E-state index in [1.807, 2.05) is 6.07 Å². The number of hydrogen-bond acceptors (Lipinski definition) is 2.